The van der Waals surface area contributed by atoms with Crippen LogP contribution in [0.2, 0.25) is 0 Å². The maximum absolute atomic E-state index is 12.4. The van der Waals surface area contributed by atoms with Crippen LogP contribution < -0.4 is 10.6 Å². The topological polar surface area (TPSA) is 78.4 Å². The SMILES string of the molecule is CCC1(C(=O)Nc2ccc(CCC(=O)O)cc2)CCCN1. The van der Waals surface area contributed by atoms with Gasteiger partial charge in [0, 0.05) is 12.1 Å². The zero-order valence-corrected chi connectivity index (χ0v) is 12.3. The van der Waals surface area contributed by atoms with Crippen molar-refractivity contribution in [3.63, 3.8) is 0 Å². The Labute approximate surface area is 124 Å². The number of aryl methyl sites for hydroxylation is 1. The highest BCUT2D eigenvalue weighted by molar-refractivity contribution is 5.98. The molecule has 1 saturated heterocycles. The summed E-state index contributed by atoms with van der Waals surface area (Å²) in [5, 5.41) is 14.9. The van der Waals surface area contributed by atoms with E-state index in [1.54, 1.807) is 0 Å². The Morgan fingerprint density at radius 3 is 2.57 bits per heavy atom. The summed E-state index contributed by atoms with van der Waals surface area (Å²) in [7, 11) is 0. The number of amides is 1. The van der Waals surface area contributed by atoms with E-state index in [-0.39, 0.29) is 12.3 Å². The van der Waals surface area contributed by atoms with Gasteiger partial charge in [0.1, 0.15) is 0 Å². The first-order valence-electron chi connectivity index (χ1n) is 7.43. The normalized spacial score (nSPS) is 21.2. The van der Waals surface area contributed by atoms with E-state index >= 15 is 0 Å². The first kappa shape index (κ1) is 15.5. The molecule has 3 N–H and O–H groups in total. The molecule has 0 aromatic heterocycles. The highest BCUT2D eigenvalue weighted by Gasteiger charge is 2.38. The molecular formula is C16H22N2O3. The average molecular weight is 290 g/mol. The fourth-order valence-corrected chi connectivity index (χ4v) is 2.72. The third-order valence-corrected chi connectivity index (χ3v) is 4.12. The molecule has 5 heteroatoms. The van der Waals surface area contributed by atoms with Crippen molar-refractivity contribution < 1.29 is 14.7 Å². The summed E-state index contributed by atoms with van der Waals surface area (Å²) < 4.78 is 0. The minimum atomic E-state index is -0.801. The molecule has 1 aromatic carbocycles. The van der Waals surface area contributed by atoms with Crippen LogP contribution in [0, 0.1) is 0 Å². The van der Waals surface area contributed by atoms with Crippen molar-refractivity contribution in [2.75, 3.05) is 11.9 Å². The monoisotopic (exact) mass is 290 g/mol. The van der Waals surface area contributed by atoms with Crippen LogP contribution in [-0.2, 0) is 16.0 Å². The van der Waals surface area contributed by atoms with Crippen molar-refractivity contribution in [1.82, 2.24) is 5.32 Å². The first-order chi connectivity index (χ1) is 10.1. The van der Waals surface area contributed by atoms with Gasteiger partial charge in [0.05, 0.1) is 5.54 Å². The zero-order chi connectivity index (χ0) is 15.3. The fourth-order valence-electron chi connectivity index (χ4n) is 2.72. The second kappa shape index (κ2) is 6.72. The molecule has 1 unspecified atom stereocenters. The number of rotatable bonds is 6. The van der Waals surface area contributed by atoms with Gasteiger partial charge in [0.15, 0.2) is 0 Å². The highest BCUT2D eigenvalue weighted by Crippen LogP contribution is 2.25. The Balaban J connectivity index is 1.96. The number of carboxylic acids is 1. The summed E-state index contributed by atoms with van der Waals surface area (Å²) in [5.74, 6) is -0.787. The number of hydrogen-bond acceptors (Lipinski definition) is 3. The molecule has 1 atom stereocenters. The minimum absolute atomic E-state index is 0.0146. The van der Waals surface area contributed by atoms with Crippen LogP contribution in [0.5, 0.6) is 0 Å². The van der Waals surface area contributed by atoms with Crippen molar-refractivity contribution >= 4 is 17.6 Å². The second-order valence-corrected chi connectivity index (χ2v) is 5.51. The Hall–Kier alpha value is -1.88. The Bertz CT molecular complexity index is 505. The van der Waals surface area contributed by atoms with Gasteiger partial charge in [0.2, 0.25) is 5.91 Å². The highest BCUT2D eigenvalue weighted by atomic mass is 16.4. The number of carbonyl (C=O) groups is 2. The molecular weight excluding hydrogens is 268 g/mol. The van der Waals surface area contributed by atoms with Crippen molar-refractivity contribution in [3.8, 4) is 0 Å². The van der Waals surface area contributed by atoms with E-state index in [9.17, 15) is 9.59 Å². The predicted octanol–water partition coefficient (Wildman–Crippen LogP) is 2.17. The zero-order valence-electron chi connectivity index (χ0n) is 12.3. The predicted molar refractivity (Wildman–Crippen MR) is 81.3 cm³/mol. The molecule has 1 aliphatic heterocycles. The van der Waals surface area contributed by atoms with E-state index in [4.69, 9.17) is 5.11 Å². The van der Waals surface area contributed by atoms with Crippen LogP contribution in [0.25, 0.3) is 0 Å². The minimum Gasteiger partial charge on any atom is -0.481 e. The molecule has 0 saturated carbocycles. The molecule has 0 radical (unpaired) electrons. The van der Waals surface area contributed by atoms with Crippen LogP contribution in [0.15, 0.2) is 24.3 Å². The van der Waals surface area contributed by atoms with Crippen LogP contribution in [0.4, 0.5) is 5.69 Å². The molecule has 0 bridgehead atoms. The maximum atomic E-state index is 12.4. The number of aliphatic carboxylic acids is 1. The lowest BCUT2D eigenvalue weighted by Crippen LogP contribution is -2.50. The molecule has 1 amide bonds. The van der Waals surface area contributed by atoms with E-state index in [1.165, 1.54) is 0 Å². The van der Waals surface area contributed by atoms with Crippen LogP contribution in [0.3, 0.4) is 0 Å². The summed E-state index contributed by atoms with van der Waals surface area (Å²) in [6.07, 6.45) is 3.29. The van der Waals surface area contributed by atoms with Crippen LogP contribution in [-0.4, -0.2) is 29.1 Å². The maximum Gasteiger partial charge on any atom is 0.303 e. The summed E-state index contributed by atoms with van der Waals surface area (Å²) in [6.45, 7) is 2.91. The molecule has 0 spiro atoms. The number of carboxylic acid groups (broad SMARTS) is 1. The van der Waals surface area contributed by atoms with Crippen molar-refractivity contribution in [1.29, 1.82) is 0 Å². The molecule has 5 nitrogen and oxygen atoms in total. The lowest BCUT2D eigenvalue weighted by Gasteiger charge is -2.26. The van der Waals surface area contributed by atoms with Gasteiger partial charge in [-0.15, -0.1) is 0 Å². The quantitative estimate of drug-likeness (QED) is 0.750. The number of benzene rings is 1. The lowest BCUT2D eigenvalue weighted by molar-refractivity contribution is -0.137. The summed E-state index contributed by atoms with van der Waals surface area (Å²) >= 11 is 0. The number of carbonyl (C=O) groups excluding carboxylic acids is 1. The molecule has 114 valence electrons. The standard InChI is InChI=1S/C16H22N2O3/c1-2-16(10-3-11-17-16)15(21)18-13-7-4-12(5-8-13)6-9-14(19)20/h4-5,7-8,17H,2-3,6,9-11H2,1H3,(H,18,21)(H,19,20). The van der Waals surface area contributed by atoms with Gasteiger partial charge in [0.25, 0.3) is 0 Å². The Kier molecular flexibility index (Phi) is 4.96. The van der Waals surface area contributed by atoms with Crippen LogP contribution in [0.1, 0.15) is 38.2 Å². The average Bonchev–Trinajstić information content (AvgIpc) is 2.96. The first-order valence-corrected chi connectivity index (χ1v) is 7.43. The molecule has 1 fully saturated rings. The molecule has 1 aromatic rings. The van der Waals surface area contributed by atoms with E-state index in [2.05, 4.69) is 10.6 Å². The second-order valence-electron chi connectivity index (χ2n) is 5.51. The van der Waals surface area contributed by atoms with Crippen molar-refractivity contribution in [2.24, 2.45) is 0 Å². The lowest BCUT2D eigenvalue weighted by atomic mass is 9.93. The number of nitrogens with one attached hydrogen (secondary N) is 2. The van der Waals surface area contributed by atoms with Gasteiger partial charge in [-0.1, -0.05) is 19.1 Å². The van der Waals surface area contributed by atoms with E-state index < -0.39 is 11.5 Å². The van der Waals surface area contributed by atoms with Gasteiger partial charge < -0.3 is 15.7 Å². The summed E-state index contributed by atoms with van der Waals surface area (Å²) in [4.78, 5) is 23.0. The van der Waals surface area contributed by atoms with E-state index in [1.807, 2.05) is 31.2 Å². The number of hydrogen-bond donors (Lipinski definition) is 3. The largest absolute Gasteiger partial charge is 0.481 e. The smallest absolute Gasteiger partial charge is 0.303 e. The van der Waals surface area contributed by atoms with Crippen LogP contribution >= 0.6 is 0 Å². The van der Waals surface area contributed by atoms with Gasteiger partial charge in [-0.3, -0.25) is 9.59 Å². The third-order valence-electron chi connectivity index (χ3n) is 4.12. The molecule has 0 aliphatic carbocycles. The van der Waals surface area contributed by atoms with E-state index in [0.717, 1.165) is 37.1 Å². The molecule has 1 aliphatic rings. The Morgan fingerprint density at radius 1 is 1.33 bits per heavy atom. The third kappa shape index (κ3) is 3.82. The summed E-state index contributed by atoms with van der Waals surface area (Å²) in [5.41, 5.74) is 1.27. The Morgan fingerprint density at radius 2 is 2.05 bits per heavy atom. The molecule has 2 rings (SSSR count). The van der Waals surface area contributed by atoms with Gasteiger partial charge in [-0.25, -0.2) is 0 Å². The fraction of sp³-hybridized carbons (Fsp3) is 0.500. The molecule has 1 heterocycles. The van der Waals surface area contributed by atoms with Gasteiger partial charge >= 0.3 is 5.97 Å². The van der Waals surface area contributed by atoms with Gasteiger partial charge in [-0.2, -0.15) is 0 Å². The number of anilines is 1. The van der Waals surface area contributed by atoms with Gasteiger partial charge in [-0.05, 0) is 49.9 Å². The molecule has 21 heavy (non-hydrogen) atoms. The van der Waals surface area contributed by atoms with Crippen molar-refractivity contribution in [3.05, 3.63) is 29.8 Å². The van der Waals surface area contributed by atoms with Crippen molar-refractivity contribution in [2.45, 2.75) is 44.6 Å². The van der Waals surface area contributed by atoms with E-state index in [0.29, 0.717) is 6.42 Å². The summed E-state index contributed by atoms with van der Waals surface area (Å²) in [6, 6.07) is 7.37.